The van der Waals surface area contributed by atoms with Crippen molar-refractivity contribution >= 4 is 17.7 Å². The summed E-state index contributed by atoms with van der Waals surface area (Å²) in [6.07, 6.45) is 7.58. The molecule has 1 N–H and O–H groups in total. The molecule has 0 radical (unpaired) electrons. The number of amides is 1. The number of aromatic nitrogens is 1. The molecule has 1 amide bonds. The van der Waals surface area contributed by atoms with Gasteiger partial charge >= 0.3 is 5.97 Å². The van der Waals surface area contributed by atoms with Gasteiger partial charge in [-0.05, 0) is 75.5 Å². The van der Waals surface area contributed by atoms with Crippen LogP contribution < -0.4 is 5.32 Å². The largest absolute Gasteiger partial charge is 0.452 e. The number of nitrogens with one attached hydrogen (secondary N) is 1. The molecule has 1 unspecified atom stereocenters. The van der Waals surface area contributed by atoms with E-state index in [1.807, 2.05) is 0 Å². The van der Waals surface area contributed by atoms with Gasteiger partial charge in [-0.15, -0.1) is 0 Å². The molecule has 6 heteroatoms. The molecule has 1 aromatic rings. The molecule has 0 aliphatic heterocycles. The number of hydrogen-bond donors (Lipinski definition) is 1. The molecule has 5 rings (SSSR count). The summed E-state index contributed by atoms with van der Waals surface area (Å²) in [5.74, 6) is 3.06. The lowest BCUT2D eigenvalue weighted by atomic mass is 9.52. The van der Waals surface area contributed by atoms with E-state index in [2.05, 4.69) is 17.4 Å². The zero-order valence-corrected chi connectivity index (χ0v) is 16.3. The van der Waals surface area contributed by atoms with Crippen LogP contribution in [0.3, 0.4) is 0 Å². The first-order chi connectivity index (χ1) is 13.0. The highest BCUT2D eigenvalue weighted by Gasteiger charge is 2.51. The van der Waals surface area contributed by atoms with Crippen LogP contribution in [0, 0.1) is 36.5 Å². The lowest BCUT2D eigenvalue weighted by Gasteiger charge is -2.53. The summed E-state index contributed by atoms with van der Waals surface area (Å²) < 4.78 is 10.8. The monoisotopic (exact) mass is 374 g/mol. The van der Waals surface area contributed by atoms with E-state index in [9.17, 15) is 9.59 Å². The minimum Gasteiger partial charge on any atom is -0.452 e. The highest BCUT2D eigenvalue weighted by molar-refractivity contribution is 5.94. The Morgan fingerprint density at radius 2 is 1.89 bits per heavy atom. The van der Waals surface area contributed by atoms with E-state index in [0.29, 0.717) is 29.8 Å². The number of anilines is 1. The van der Waals surface area contributed by atoms with Crippen LogP contribution in [0.4, 0.5) is 5.82 Å². The predicted molar refractivity (Wildman–Crippen MR) is 99.8 cm³/mol. The summed E-state index contributed by atoms with van der Waals surface area (Å²) >= 11 is 0. The maximum absolute atomic E-state index is 13.0. The molecule has 4 aliphatic carbocycles. The average molecular weight is 374 g/mol. The van der Waals surface area contributed by atoms with Crippen molar-refractivity contribution in [2.45, 2.75) is 71.3 Å². The standard InChI is InChI=1S/C21H30N2O4/c1-3-4-5-17(20(24)22-18-6-12(2)27-23-18)26-21(25)19-15-8-13-7-14(10-15)11-16(19)9-13/h6,13-17,19H,3-5,7-11H2,1-2H3,(H,22,23,24). The highest BCUT2D eigenvalue weighted by Crippen LogP contribution is 2.56. The number of unbranched alkanes of at least 4 members (excludes halogenated alkanes) is 1. The van der Waals surface area contributed by atoms with Gasteiger partial charge in [0.15, 0.2) is 11.9 Å². The average Bonchev–Trinajstić information content (AvgIpc) is 3.02. The van der Waals surface area contributed by atoms with Crippen molar-refractivity contribution in [1.29, 1.82) is 0 Å². The van der Waals surface area contributed by atoms with Gasteiger partial charge in [0, 0.05) is 6.07 Å². The van der Waals surface area contributed by atoms with Crippen LogP contribution in [-0.4, -0.2) is 23.1 Å². The molecule has 27 heavy (non-hydrogen) atoms. The molecule has 1 heterocycles. The Hall–Kier alpha value is -1.85. The Balaban J connectivity index is 1.41. The van der Waals surface area contributed by atoms with Crippen LogP contribution in [-0.2, 0) is 14.3 Å². The van der Waals surface area contributed by atoms with Gasteiger partial charge in [0.2, 0.25) is 0 Å². The number of esters is 1. The van der Waals surface area contributed by atoms with Crippen LogP contribution in [0.5, 0.6) is 0 Å². The third kappa shape index (κ3) is 3.90. The van der Waals surface area contributed by atoms with Crippen molar-refractivity contribution in [1.82, 2.24) is 5.16 Å². The SMILES string of the molecule is CCCCC(OC(=O)C1C2CC3CC(C2)CC1C3)C(=O)Nc1cc(C)on1. The number of aryl methyl sites for hydroxylation is 1. The summed E-state index contributed by atoms with van der Waals surface area (Å²) in [6.45, 7) is 3.83. The fourth-order valence-corrected chi connectivity index (χ4v) is 5.79. The third-order valence-electron chi connectivity index (χ3n) is 6.75. The molecule has 4 bridgehead atoms. The number of carbonyl (C=O) groups is 2. The quantitative estimate of drug-likeness (QED) is 0.727. The Bertz CT molecular complexity index is 670. The fraction of sp³-hybridized carbons (Fsp3) is 0.762. The topological polar surface area (TPSA) is 81.4 Å². The third-order valence-corrected chi connectivity index (χ3v) is 6.75. The number of rotatable bonds is 7. The summed E-state index contributed by atoms with van der Waals surface area (Å²) in [7, 11) is 0. The van der Waals surface area contributed by atoms with E-state index in [-0.39, 0.29) is 17.8 Å². The van der Waals surface area contributed by atoms with Crippen LogP contribution >= 0.6 is 0 Å². The van der Waals surface area contributed by atoms with Gasteiger partial charge in [-0.25, -0.2) is 0 Å². The molecule has 0 spiro atoms. The van der Waals surface area contributed by atoms with Crippen LogP contribution in [0.15, 0.2) is 10.6 Å². The number of hydrogen-bond acceptors (Lipinski definition) is 5. The lowest BCUT2D eigenvalue weighted by molar-refractivity contribution is -0.170. The van der Waals surface area contributed by atoms with E-state index in [1.165, 1.54) is 6.42 Å². The van der Waals surface area contributed by atoms with Crippen LogP contribution in [0.25, 0.3) is 0 Å². The molecule has 4 fully saturated rings. The Morgan fingerprint density at radius 1 is 1.22 bits per heavy atom. The normalized spacial score (nSPS) is 32.3. The second kappa shape index (κ2) is 7.64. The molecule has 148 valence electrons. The zero-order chi connectivity index (χ0) is 19.0. The number of ether oxygens (including phenoxy) is 1. The predicted octanol–water partition coefficient (Wildman–Crippen LogP) is 4.10. The van der Waals surface area contributed by atoms with E-state index in [1.54, 1.807) is 13.0 Å². The second-order valence-electron chi connectivity index (χ2n) is 8.84. The number of nitrogens with zero attached hydrogens (tertiary/aromatic N) is 1. The van der Waals surface area contributed by atoms with E-state index in [0.717, 1.165) is 50.4 Å². The van der Waals surface area contributed by atoms with Crippen molar-refractivity contribution in [2.24, 2.45) is 29.6 Å². The number of carbonyl (C=O) groups excluding carboxylic acids is 2. The van der Waals surface area contributed by atoms with E-state index >= 15 is 0 Å². The molecule has 4 saturated carbocycles. The van der Waals surface area contributed by atoms with Crippen molar-refractivity contribution in [3.8, 4) is 0 Å². The molecule has 1 aromatic heterocycles. The first-order valence-electron chi connectivity index (χ1n) is 10.5. The molecular weight excluding hydrogens is 344 g/mol. The molecule has 0 aromatic carbocycles. The maximum Gasteiger partial charge on any atom is 0.310 e. The van der Waals surface area contributed by atoms with Gasteiger partial charge in [0.25, 0.3) is 5.91 Å². The van der Waals surface area contributed by atoms with Gasteiger partial charge in [-0.2, -0.15) is 0 Å². The molecular formula is C21H30N2O4. The maximum atomic E-state index is 13.0. The fourth-order valence-electron chi connectivity index (χ4n) is 5.79. The van der Waals surface area contributed by atoms with Crippen molar-refractivity contribution in [3.05, 3.63) is 11.8 Å². The van der Waals surface area contributed by atoms with Crippen molar-refractivity contribution in [3.63, 3.8) is 0 Å². The Kier molecular flexibility index (Phi) is 5.24. The Morgan fingerprint density at radius 3 is 2.44 bits per heavy atom. The van der Waals surface area contributed by atoms with Crippen LogP contribution in [0.1, 0.15) is 64.1 Å². The minimum absolute atomic E-state index is 0.0102. The smallest absolute Gasteiger partial charge is 0.310 e. The van der Waals surface area contributed by atoms with Crippen molar-refractivity contribution < 1.29 is 18.8 Å². The summed E-state index contributed by atoms with van der Waals surface area (Å²) in [5, 5.41) is 6.52. The van der Waals surface area contributed by atoms with Gasteiger partial charge in [-0.3, -0.25) is 9.59 Å². The van der Waals surface area contributed by atoms with Gasteiger partial charge in [-0.1, -0.05) is 18.5 Å². The summed E-state index contributed by atoms with van der Waals surface area (Å²) in [5.41, 5.74) is 0. The van der Waals surface area contributed by atoms with E-state index < -0.39 is 6.10 Å². The molecule has 0 saturated heterocycles. The minimum atomic E-state index is -0.758. The summed E-state index contributed by atoms with van der Waals surface area (Å²) in [4.78, 5) is 25.7. The highest BCUT2D eigenvalue weighted by atomic mass is 16.5. The van der Waals surface area contributed by atoms with Gasteiger partial charge < -0.3 is 14.6 Å². The van der Waals surface area contributed by atoms with Crippen molar-refractivity contribution in [2.75, 3.05) is 5.32 Å². The van der Waals surface area contributed by atoms with Gasteiger partial charge in [0.05, 0.1) is 5.92 Å². The lowest BCUT2D eigenvalue weighted by Crippen LogP contribution is -2.49. The van der Waals surface area contributed by atoms with E-state index in [4.69, 9.17) is 9.26 Å². The first-order valence-corrected chi connectivity index (χ1v) is 10.5. The second-order valence-corrected chi connectivity index (χ2v) is 8.84. The molecule has 4 aliphatic rings. The molecule has 6 nitrogen and oxygen atoms in total. The van der Waals surface area contributed by atoms with Gasteiger partial charge in [0.1, 0.15) is 5.76 Å². The molecule has 1 atom stereocenters. The zero-order valence-electron chi connectivity index (χ0n) is 16.3. The Labute approximate surface area is 160 Å². The summed E-state index contributed by atoms with van der Waals surface area (Å²) in [6, 6.07) is 1.66. The van der Waals surface area contributed by atoms with Crippen LogP contribution in [0.2, 0.25) is 0 Å². The first kappa shape index (κ1) is 18.5.